The van der Waals surface area contributed by atoms with Crippen molar-refractivity contribution < 1.29 is 14.8 Å². The quantitative estimate of drug-likeness (QED) is 0.618. The van der Waals surface area contributed by atoms with E-state index in [-0.39, 0.29) is 29.7 Å². The van der Waals surface area contributed by atoms with Crippen molar-refractivity contribution in [3.63, 3.8) is 0 Å². The number of aromatic nitrogens is 1. The number of pyridine rings is 1. The molecule has 0 saturated heterocycles. The molecule has 1 N–H and O–H groups in total. The highest BCUT2D eigenvalue weighted by Crippen LogP contribution is 2.35. The third-order valence-electron chi connectivity index (χ3n) is 2.99. The van der Waals surface area contributed by atoms with E-state index < -0.39 is 10.9 Å². The smallest absolute Gasteiger partial charge is 0.354 e. The predicted molar refractivity (Wildman–Crippen MR) is 68.4 cm³/mol. The molecular formula is C12H12N4O4. The molecule has 0 bridgehead atoms. The van der Waals surface area contributed by atoms with Crippen LogP contribution >= 0.6 is 0 Å². The number of anilines is 1. The number of rotatable bonds is 6. The standard InChI is InChI=1S/C12H12N4O4/c13-6-1-7-15(8-2-3-8)11-10(16(19)20)5-4-9(14-11)12(17)18/h4-5,8H,1-3,7H2,(H,17,18). The molecule has 0 aliphatic heterocycles. The Kier molecular flexibility index (Phi) is 3.79. The molecule has 1 aliphatic carbocycles. The van der Waals surface area contributed by atoms with Crippen molar-refractivity contribution in [1.82, 2.24) is 4.98 Å². The van der Waals surface area contributed by atoms with E-state index in [2.05, 4.69) is 4.98 Å². The third-order valence-corrected chi connectivity index (χ3v) is 2.99. The lowest BCUT2D eigenvalue weighted by Crippen LogP contribution is -2.29. The van der Waals surface area contributed by atoms with E-state index in [1.807, 2.05) is 6.07 Å². The molecule has 20 heavy (non-hydrogen) atoms. The second-order valence-corrected chi connectivity index (χ2v) is 4.43. The molecule has 104 valence electrons. The average Bonchev–Trinajstić information content (AvgIpc) is 3.23. The van der Waals surface area contributed by atoms with E-state index in [9.17, 15) is 14.9 Å². The summed E-state index contributed by atoms with van der Waals surface area (Å²) in [5.41, 5.74) is -0.479. The Bertz CT molecular complexity index is 592. The van der Waals surface area contributed by atoms with Gasteiger partial charge in [-0.05, 0) is 18.9 Å². The SMILES string of the molecule is N#CCCN(c1nc(C(=O)O)ccc1[N+](=O)[O-])C1CC1. The molecular weight excluding hydrogens is 264 g/mol. The van der Waals surface area contributed by atoms with Gasteiger partial charge in [-0.3, -0.25) is 10.1 Å². The first-order valence-corrected chi connectivity index (χ1v) is 6.07. The number of carboxylic acids is 1. The molecule has 8 heteroatoms. The van der Waals surface area contributed by atoms with Gasteiger partial charge < -0.3 is 10.0 Å². The monoisotopic (exact) mass is 276 g/mol. The van der Waals surface area contributed by atoms with Gasteiger partial charge in [0.05, 0.1) is 17.4 Å². The van der Waals surface area contributed by atoms with E-state index in [4.69, 9.17) is 10.4 Å². The summed E-state index contributed by atoms with van der Waals surface area (Å²) in [4.78, 5) is 27.0. The van der Waals surface area contributed by atoms with Gasteiger partial charge in [0.25, 0.3) is 0 Å². The van der Waals surface area contributed by atoms with E-state index in [1.165, 1.54) is 0 Å². The molecule has 1 aromatic rings. The molecule has 0 unspecified atom stereocenters. The van der Waals surface area contributed by atoms with Crippen molar-refractivity contribution in [2.45, 2.75) is 25.3 Å². The largest absolute Gasteiger partial charge is 0.477 e. The lowest BCUT2D eigenvalue weighted by Gasteiger charge is -2.22. The molecule has 0 spiro atoms. The molecule has 0 amide bonds. The lowest BCUT2D eigenvalue weighted by molar-refractivity contribution is -0.384. The van der Waals surface area contributed by atoms with Crippen molar-refractivity contribution in [3.8, 4) is 6.07 Å². The maximum absolute atomic E-state index is 11.1. The zero-order valence-electron chi connectivity index (χ0n) is 10.5. The van der Waals surface area contributed by atoms with Crippen LogP contribution in [0.4, 0.5) is 11.5 Å². The molecule has 2 rings (SSSR count). The van der Waals surface area contributed by atoms with Crippen molar-refractivity contribution in [2.75, 3.05) is 11.4 Å². The predicted octanol–water partition coefficient (Wildman–Crippen LogP) is 1.57. The second kappa shape index (κ2) is 5.52. The van der Waals surface area contributed by atoms with Gasteiger partial charge in [0, 0.05) is 18.7 Å². The number of hydrogen-bond donors (Lipinski definition) is 1. The normalized spacial score (nSPS) is 13.6. The Balaban J connectivity index is 2.44. The summed E-state index contributed by atoms with van der Waals surface area (Å²) >= 11 is 0. The van der Waals surface area contributed by atoms with E-state index >= 15 is 0 Å². The number of hydrogen-bond acceptors (Lipinski definition) is 6. The van der Waals surface area contributed by atoms with Crippen LogP contribution in [0.25, 0.3) is 0 Å². The van der Waals surface area contributed by atoms with Gasteiger partial charge in [0.15, 0.2) is 5.69 Å². The number of nitrogens with zero attached hydrogens (tertiary/aromatic N) is 4. The first-order chi connectivity index (χ1) is 9.54. The van der Waals surface area contributed by atoms with E-state index in [0.717, 1.165) is 25.0 Å². The summed E-state index contributed by atoms with van der Waals surface area (Å²) in [5.74, 6) is -1.20. The summed E-state index contributed by atoms with van der Waals surface area (Å²) in [5, 5.41) is 28.7. The number of nitro groups is 1. The van der Waals surface area contributed by atoms with Crippen LogP contribution in [0.5, 0.6) is 0 Å². The third kappa shape index (κ3) is 2.83. The average molecular weight is 276 g/mol. The van der Waals surface area contributed by atoms with Crippen LogP contribution in [0, 0.1) is 21.4 Å². The maximum Gasteiger partial charge on any atom is 0.354 e. The molecule has 0 aromatic carbocycles. The molecule has 0 radical (unpaired) electrons. The van der Waals surface area contributed by atoms with Crippen molar-refractivity contribution in [1.29, 1.82) is 5.26 Å². The highest BCUT2D eigenvalue weighted by Gasteiger charge is 2.34. The van der Waals surface area contributed by atoms with Gasteiger partial charge in [-0.15, -0.1) is 0 Å². The van der Waals surface area contributed by atoms with E-state index in [0.29, 0.717) is 6.54 Å². The van der Waals surface area contributed by atoms with Crippen LogP contribution in [-0.4, -0.2) is 33.6 Å². The topological polar surface area (TPSA) is 120 Å². The Morgan fingerprint density at radius 3 is 2.80 bits per heavy atom. The van der Waals surface area contributed by atoms with Crippen LogP contribution in [0.2, 0.25) is 0 Å². The summed E-state index contributed by atoms with van der Waals surface area (Å²) in [6.45, 7) is 0.304. The molecule has 1 aliphatic rings. The molecule has 1 heterocycles. The highest BCUT2D eigenvalue weighted by atomic mass is 16.6. The zero-order chi connectivity index (χ0) is 14.7. The summed E-state index contributed by atoms with van der Waals surface area (Å²) < 4.78 is 0. The number of carboxylic acid groups (broad SMARTS) is 1. The fourth-order valence-electron chi connectivity index (χ4n) is 1.93. The van der Waals surface area contributed by atoms with Crippen molar-refractivity contribution in [2.24, 2.45) is 0 Å². The molecule has 8 nitrogen and oxygen atoms in total. The van der Waals surface area contributed by atoms with Crippen LogP contribution < -0.4 is 4.90 Å². The summed E-state index contributed by atoms with van der Waals surface area (Å²) in [6.07, 6.45) is 1.93. The minimum absolute atomic E-state index is 0.0349. The number of aromatic carboxylic acids is 1. The molecule has 1 saturated carbocycles. The lowest BCUT2D eigenvalue weighted by atomic mass is 10.2. The van der Waals surface area contributed by atoms with Crippen LogP contribution in [0.3, 0.4) is 0 Å². The van der Waals surface area contributed by atoms with Crippen molar-refractivity contribution in [3.05, 3.63) is 27.9 Å². The zero-order valence-corrected chi connectivity index (χ0v) is 10.5. The first kappa shape index (κ1) is 13.7. The van der Waals surface area contributed by atoms with Crippen LogP contribution in [0.15, 0.2) is 12.1 Å². The molecule has 1 fully saturated rings. The Morgan fingerprint density at radius 2 is 2.30 bits per heavy atom. The Labute approximate surface area is 114 Å². The molecule has 1 aromatic heterocycles. The van der Waals surface area contributed by atoms with Crippen LogP contribution in [-0.2, 0) is 0 Å². The fraction of sp³-hybridized carbons (Fsp3) is 0.417. The van der Waals surface area contributed by atoms with Gasteiger partial charge in [0.1, 0.15) is 0 Å². The van der Waals surface area contributed by atoms with Gasteiger partial charge in [-0.1, -0.05) is 0 Å². The summed E-state index contributed by atoms with van der Waals surface area (Å²) in [6, 6.07) is 4.33. The molecule has 0 atom stereocenters. The Hall–Kier alpha value is -2.69. The minimum Gasteiger partial charge on any atom is -0.477 e. The van der Waals surface area contributed by atoms with Crippen LogP contribution in [0.1, 0.15) is 29.8 Å². The first-order valence-electron chi connectivity index (χ1n) is 6.07. The minimum atomic E-state index is -1.24. The van der Waals surface area contributed by atoms with Gasteiger partial charge in [-0.2, -0.15) is 5.26 Å². The summed E-state index contributed by atoms with van der Waals surface area (Å²) in [7, 11) is 0. The highest BCUT2D eigenvalue weighted by molar-refractivity contribution is 5.86. The van der Waals surface area contributed by atoms with Gasteiger partial charge in [-0.25, -0.2) is 9.78 Å². The number of nitriles is 1. The van der Waals surface area contributed by atoms with Gasteiger partial charge in [0.2, 0.25) is 5.82 Å². The second-order valence-electron chi connectivity index (χ2n) is 4.43. The Morgan fingerprint density at radius 1 is 1.60 bits per heavy atom. The fourth-order valence-corrected chi connectivity index (χ4v) is 1.93. The number of carbonyl (C=O) groups is 1. The maximum atomic E-state index is 11.1. The van der Waals surface area contributed by atoms with E-state index in [1.54, 1.807) is 4.90 Å². The van der Waals surface area contributed by atoms with Crippen molar-refractivity contribution >= 4 is 17.5 Å². The van der Waals surface area contributed by atoms with Gasteiger partial charge >= 0.3 is 11.7 Å².